The summed E-state index contributed by atoms with van der Waals surface area (Å²) >= 11 is 6.18. The highest BCUT2D eigenvalue weighted by Crippen LogP contribution is 2.30. The Morgan fingerprint density at radius 2 is 1.93 bits per heavy atom. The number of ether oxygens (including phenoxy) is 1. The number of aliphatic hydroxyl groups is 1. The average molecular weight is 409 g/mol. The van der Waals surface area contributed by atoms with Gasteiger partial charge in [0, 0.05) is 57.1 Å². The number of piperidine rings is 2. The first-order valence-electron chi connectivity index (χ1n) is 10.1. The standard InChI is InChI=1S/C21H29ClN2O4/c1-15(26)23-11-7-18(8-12-23)28-20-6-5-16(22)14-19(20)21(27)24-10-3-2-4-17(24)9-13-25/h5-6,14,17-18,25H,2-4,7-13H2,1H3. The van der Waals surface area contributed by atoms with E-state index in [4.69, 9.17) is 16.3 Å². The van der Waals surface area contributed by atoms with Crippen LogP contribution in [0.2, 0.25) is 5.02 Å². The maximum atomic E-state index is 13.3. The van der Waals surface area contributed by atoms with Crippen LogP contribution >= 0.6 is 11.6 Å². The van der Waals surface area contributed by atoms with Crippen molar-refractivity contribution in [2.45, 2.75) is 57.6 Å². The van der Waals surface area contributed by atoms with Crippen molar-refractivity contribution >= 4 is 23.4 Å². The van der Waals surface area contributed by atoms with E-state index in [0.717, 1.165) is 32.1 Å². The molecule has 154 valence electrons. The van der Waals surface area contributed by atoms with Gasteiger partial charge in [0.05, 0.1) is 5.56 Å². The number of amides is 2. The Labute approximate surface area is 171 Å². The second-order valence-corrected chi connectivity index (χ2v) is 8.06. The molecule has 1 aromatic rings. The first-order chi connectivity index (χ1) is 13.5. The molecule has 1 atom stereocenters. The average Bonchev–Trinajstić information content (AvgIpc) is 2.70. The summed E-state index contributed by atoms with van der Waals surface area (Å²) in [5.41, 5.74) is 0.478. The maximum Gasteiger partial charge on any atom is 0.257 e. The third-order valence-corrected chi connectivity index (χ3v) is 5.94. The molecule has 6 nitrogen and oxygen atoms in total. The predicted molar refractivity (Wildman–Crippen MR) is 108 cm³/mol. The first kappa shape index (κ1) is 20.9. The summed E-state index contributed by atoms with van der Waals surface area (Å²) in [6.45, 7) is 3.68. The maximum absolute atomic E-state index is 13.3. The van der Waals surface area contributed by atoms with Gasteiger partial charge in [0.2, 0.25) is 5.91 Å². The molecule has 0 aliphatic carbocycles. The fraction of sp³-hybridized carbons (Fsp3) is 0.619. The second-order valence-electron chi connectivity index (χ2n) is 7.62. The van der Waals surface area contributed by atoms with Crippen LogP contribution in [0.4, 0.5) is 0 Å². The van der Waals surface area contributed by atoms with E-state index in [1.807, 2.05) is 9.80 Å². The van der Waals surface area contributed by atoms with Crippen LogP contribution in [0.3, 0.4) is 0 Å². The van der Waals surface area contributed by atoms with Gasteiger partial charge in [-0.15, -0.1) is 0 Å². The van der Waals surface area contributed by atoms with E-state index in [2.05, 4.69) is 0 Å². The Morgan fingerprint density at radius 3 is 2.61 bits per heavy atom. The lowest BCUT2D eigenvalue weighted by molar-refractivity contribution is -0.130. The van der Waals surface area contributed by atoms with Crippen molar-refractivity contribution in [2.24, 2.45) is 0 Å². The van der Waals surface area contributed by atoms with Gasteiger partial charge in [-0.05, 0) is 43.9 Å². The molecule has 2 heterocycles. The van der Waals surface area contributed by atoms with Crippen LogP contribution in [0.15, 0.2) is 18.2 Å². The number of hydrogen-bond acceptors (Lipinski definition) is 4. The van der Waals surface area contributed by atoms with E-state index < -0.39 is 0 Å². The summed E-state index contributed by atoms with van der Waals surface area (Å²) < 4.78 is 6.18. The van der Waals surface area contributed by atoms with Crippen LogP contribution in [0, 0.1) is 0 Å². The van der Waals surface area contributed by atoms with Crippen molar-refractivity contribution in [1.82, 2.24) is 9.80 Å². The number of aliphatic hydroxyl groups excluding tert-OH is 1. The number of benzene rings is 1. The molecule has 1 unspecified atom stereocenters. The third kappa shape index (κ3) is 4.97. The molecule has 2 fully saturated rings. The number of likely N-dealkylation sites (tertiary alicyclic amines) is 2. The van der Waals surface area contributed by atoms with Crippen LogP contribution < -0.4 is 4.74 Å². The zero-order chi connectivity index (χ0) is 20.1. The van der Waals surface area contributed by atoms with Crippen LogP contribution in [-0.4, -0.2) is 65.1 Å². The summed E-state index contributed by atoms with van der Waals surface area (Å²) in [6.07, 6.45) is 4.99. The van der Waals surface area contributed by atoms with Gasteiger partial charge in [0.15, 0.2) is 0 Å². The normalized spacial score (nSPS) is 20.9. The molecule has 2 saturated heterocycles. The molecule has 2 aliphatic heterocycles. The molecule has 1 aromatic carbocycles. The summed E-state index contributed by atoms with van der Waals surface area (Å²) in [4.78, 5) is 28.5. The summed E-state index contributed by atoms with van der Waals surface area (Å²) in [5.74, 6) is 0.543. The zero-order valence-corrected chi connectivity index (χ0v) is 17.2. The van der Waals surface area contributed by atoms with Crippen molar-refractivity contribution in [3.63, 3.8) is 0 Å². The lowest BCUT2D eigenvalue weighted by atomic mass is 9.98. The van der Waals surface area contributed by atoms with Gasteiger partial charge < -0.3 is 19.6 Å². The van der Waals surface area contributed by atoms with E-state index in [-0.39, 0.29) is 30.6 Å². The zero-order valence-electron chi connectivity index (χ0n) is 16.4. The van der Waals surface area contributed by atoms with Crippen LogP contribution in [-0.2, 0) is 4.79 Å². The first-order valence-corrected chi connectivity index (χ1v) is 10.5. The SMILES string of the molecule is CC(=O)N1CCC(Oc2ccc(Cl)cc2C(=O)N2CCCCC2CCO)CC1. The molecule has 0 radical (unpaired) electrons. The van der Waals surface area contributed by atoms with Crippen molar-refractivity contribution in [2.75, 3.05) is 26.2 Å². The third-order valence-electron chi connectivity index (χ3n) is 5.70. The van der Waals surface area contributed by atoms with E-state index in [0.29, 0.717) is 42.4 Å². The van der Waals surface area contributed by atoms with Gasteiger partial charge in [-0.25, -0.2) is 0 Å². The number of carbonyl (C=O) groups excluding carboxylic acids is 2. The number of carbonyl (C=O) groups is 2. The van der Waals surface area contributed by atoms with Crippen molar-refractivity contribution < 1.29 is 19.4 Å². The number of nitrogens with zero attached hydrogens (tertiary/aromatic N) is 2. The molecule has 1 N–H and O–H groups in total. The topological polar surface area (TPSA) is 70.1 Å². The Hall–Kier alpha value is -1.79. The Bertz CT molecular complexity index is 702. The lowest BCUT2D eigenvalue weighted by Crippen LogP contribution is -2.44. The van der Waals surface area contributed by atoms with E-state index in [1.165, 1.54) is 0 Å². The van der Waals surface area contributed by atoms with Gasteiger partial charge in [-0.2, -0.15) is 0 Å². The van der Waals surface area contributed by atoms with Crippen LogP contribution in [0.25, 0.3) is 0 Å². The van der Waals surface area contributed by atoms with Gasteiger partial charge in [-0.1, -0.05) is 11.6 Å². The largest absolute Gasteiger partial charge is 0.489 e. The van der Waals surface area contributed by atoms with E-state index >= 15 is 0 Å². The minimum atomic E-state index is -0.0863. The van der Waals surface area contributed by atoms with Crippen molar-refractivity contribution in [3.05, 3.63) is 28.8 Å². The molecule has 28 heavy (non-hydrogen) atoms. The second kappa shape index (κ2) is 9.61. The summed E-state index contributed by atoms with van der Waals surface area (Å²) in [5, 5.41) is 9.85. The quantitative estimate of drug-likeness (QED) is 0.812. The molecule has 0 aromatic heterocycles. The van der Waals surface area contributed by atoms with Gasteiger partial charge in [0.1, 0.15) is 11.9 Å². The smallest absolute Gasteiger partial charge is 0.257 e. The fourth-order valence-electron chi connectivity index (χ4n) is 4.11. The highest BCUT2D eigenvalue weighted by molar-refractivity contribution is 6.31. The number of halogens is 1. The summed E-state index contributed by atoms with van der Waals surface area (Å²) in [7, 11) is 0. The molecule has 0 bridgehead atoms. The van der Waals surface area contributed by atoms with Crippen molar-refractivity contribution in [1.29, 1.82) is 0 Å². The monoisotopic (exact) mass is 408 g/mol. The Balaban J connectivity index is 1.75. The molecule has 0 spiro atoms. The molecule has 2 aliphatic rings. The van der Waals surface area contributed by atoms with Crippen LogP contribution in [0.1, 0.15) is 55.8 Å². The van der Waals surface area contributed by atoms with E-state index in [9.17, 15) is 14.7 Å². The highest BCUT2D eigenvalue weighted by atomic mass is 35.5. The molecule has 3 rings (SSSR count). The molecule has 2 amide bonds. The molecular weight excluding hydrogens is 380 g/mol. The highest BCUT2D eigenvalue weighted by Gasteiger charge is 2.30. The Morgan fingerprint density at radius 1 is 1.18 bits per heavy atom. The molecular formula is C21H29ClN2O4. The minimum absolute atomic E-state index is 0.0297. The molecule has 0 saturated carbocycles. The number of hydrogen-bond donors (Lipinski definition) is 1. The van der Waals surface area contributed by atoms with Crippen LogP contribution in [0.5, 0.6) is 5.75 Å². The van der Waals surface area contributed by atoms with E-state index in [1.54, 1.807) is 25.1 Å². The fourth-order valence-corrected chi connectivity index (χ4v) is 4.28. The van der Waals surface area contributed by atoms with Gasteiger partial charge in [0.25, 0.3) is 5.91 Å². The summed E-state index contributed by atoms with van der Waals surface area (Å²) in [6, 6.07) is 5.23. The lowest BCUT2D eigenvalue weighted by Gasteiger charge is -2.36. The minimum Gasteiger partial charge on any atom is -0.489 e. The van der Waals surface area contributed by atoms with Crippen molar-refractivity contribution in [3.8, 4) is 5.75 Å². The van der Waals surface area contributed by atoms with Gasteiger partial charge in [-0.3, -0.25) is 9.59 Å². The number of rotatable bonds is 5. The predicted octanol–water partition coefficient (Wildman–Crippen LogP) is 3.11. The Kier molecular flexibility index (Phi) is 7.18. The molecule has 7 heteroatoms. The van der Waals surface area contributed by atoms with Gasteiger partial charge >= 0.3 is 0 Å².